The van der Waals surface area contributed by atoms with Crippen LogP contribution < -0.4 is 9.47 Å². The largest absolute Gasteiger partial charge is 0.480 e. The van der Waals surface area contributed by atoms with Crippen LogP contribution in [0.1, 0.15) is 16.7 Å². The Labute approximate surface area is 127 Å². The van der Waals surface area contributed by atoms with Crippen LogP contribution in [0.3, 0.4) is 0 Å². The molecule has 2 heterocycles. The first-order chi connectivity index (χ1) is 9.06. The standard InChI is InChI=1S/C11H10BrClN2O3S/c1-17-7-4-14-8(11(15-7)18-2)9(16)6-3-5(12)10(13)19-6/h3-4,9,16H,1-2H3. The molecule has 1 unspecified atom stereocenters. The zero-order chi connectivity index (χ0) is 14.0. The second-order valence-corrected chi connectivity index (χ2v) is 6.02. The topological polar surface area (TPSA) is 64.5 Å². The minimum Gasteiger partial charge on any atom is -0.480 e. The minimum absolute atomic E-state index is 0.215. The quantitative estimate of drug-likeness (QED) is 0.902. The summed E-state index contributed by atoms with van der Waals surface area (Å²) >= 11 is 10.5. The molecule has 0 saturated carbocycles. The molecule has 0 aliphatic carbocycles. The molecule has 1 atom stereocenters. The van der Waals surface area contributed by atoms with Crippen molar-refractivity contribution in [3.05, 3.63) is 31.6 Å². The van der Waals surface area contributed by atoms with Gasteiger partial charge in [-0.1, -0.05) is 11.6 Å². The minimum atomic E-state index is -0.956. The van der Waals surface area contributed by atoms with E-state index in [1.807, 2.05) is 0 Å². The number of aromatic nitrogens is 2. The van der Waals surface area contributed by atoms with E-state index in [2.05, 4.69) is 25.9 Å². The Balaban J connectivity index is 2.40. The van der Waals surface area contributed by atoms with Gasteiger partial charge in [0.05, 0.1) is 20.4 Å². The number of aliphatic hydroxyl groups is 1. The molecule has 0 fully saturated rings. The Kier molecular flexibility index (Phi) is 4.62. The monoisotopic (exact) mass is 364 g/mol. The van der Waals surface area contributed by atoms with Crippen molar-refractivity contribution < 1.29 is 14.6 Å². The molecular formula is C11H10BrClN2O3S. The van der Waals surface area contributed by atoms with Crippen molar-refractivity contribution in [1.29, 1.82) is 0 Å². The molecule has 0 amide bonds. The smallest absolute Gasteiger partial charge is 0.241 e. The summed E-state index contributed by atoms with van der Waals surface area (Å²) in [6, 6.07) is 1.74. The Bertz CT molecular complexity index is 574. The van der Waals surface area contributed by atoms with Gasteiger partial charge in [0.15, 0.2) is 0 Å². The average Bonchev–Trinajstić information content (AvgIpc) is 2.77. The molecule has 0 bridgehead atoms. The molecular weight excluding hydrogens is 356 g/mol. The molecule has 0 saturated heterocycles. The lowest BCUT2D eigenvalue weighted by molar-refractivity contribution is 0.210. The highest BCUT2D eigenvalue weighted by molar-refractivity contribution is 9.10. The molecule has 19 heavy (non-hydrogen) atoms. The Morgan fingerprint density at radius 2 is 2.16 bits per heavy atom. The van der Waals surface area contributed by atoms with Gasteiger partial charge in [-0.2, -0.15) is 4.98 Å². The first-order valence-corrected chi connectivity index (χ1v) is 7.13. The predicted octanol–water partition coefficient (Wildman–Crippen LogP) is 3.05. The van der Waals surface area contributed by atoms with Crippen molar-refractivity contribution in [3.8, 4) is 11.8 Å². The highest BCUT2D eigenvalue weighted by atomic mass is 79.9. The van der Waals surface area contributed by atoms with Crippen LogP contribution >= 0.6 is 38.9 Å². The molecule has 0 aromatic carbocycles. The number of hydrogen-bond donors (Lipinski definition) is 1. The highest BCUT2D eigenvalue weighted by Crippen LogP contribution is 2.38. The Morgan fingerprint density at radius 1 is 1.42 bits per heavy atom. The van der Waals surface area contributed by atoms with E-state index in [9.17, 15) is 5.11 Å². The fraction of sp³-hybridized carbons (Fsp3) is 0.273. The van der Waals surface area contributed by atoms with Crippen LogP contribution in [-0.2, 0) is 0 Å². The Morgan fingerprint density at radius 3 is 2.68 bits per heavy atom. The molecule has 5 nitrogen and oxygen atoms in total. The van der Waals surface area contributed by atoms with E-state index >= 15 is 0 Å². The summed E-state index contributed by atoms with van der Waals surface area (Å²) in [4.78, 5) is 8.85. The van der Waals surface area contributed by atoms with Crippen molar-refractivity contribution >= 4 is 38.9 Å². The molecule has 2 rings (SSSR count). The van der Waals surface area contributed by atoms with E-state index in [-0.39, 0.29) is 5.88 Å². The average molecular weight is 366 g/mol. The number of hydrogen-bond acceptors (Lipinski definition) is 6. The van der Waals surface area contributed by atoms with Crippen molar-refractivity contribution in [2.75, 3.05) is 14.2 Å². The SMILES string of the molecule is COc1cnc(C(O)c2cc(Br)c(Cl)s2)c(OC)n1. The van der Waals surface area contributed by atoms with E-state index in [0.29, 0.717) is 20.8 Å². The van der Waals surface area contributed by atoms with Gasteiger partial charge in [-0.05, 0) is 22.0 Å². The van der Waals surface area contributed by atoms with Gasteiger partial charge in [0.1, 0.15) is 16.1 Å². The third-order valence-electron chi connectivity index (χ3n) is 2.34. The van der Waals surface area contributed by atoms with Crippen LogP contribution in [0.5, 0.6) is 11.8 Å². The molecule has 0 spiro atoms. The molecule has 2 aromatic rings. The van der Waals surface area contributed by atoms with Crippen molar-refractivity contribution in [3.63, 3.8) is 0 Å². The normalized spacial score (nSPS) is 12.3. The van der Waals surface area contributed by atoms with E-state index < -0.39 is 6.10 Å². The van der Waals surface area contributed by atoms with Gasteiger partial charge in [-0.25, -0.2) is 4.98 Å². The highest BCUT2D eigenvalue weighted by Gasteiger charge is 2.22. The summed E-state index contributed by atoms with van der Waals surface area (Å²) in [6.45, 7) is 0. The third-order valence-corrected chi connectivity index (χ3v) is 4.87. The maximum absolute atomic E-state index is 10.3. The number of ether oxygens (including phenoxy) is 2. The van der Waals surface area contributed by atoms with E-state index in [1.54, 1.807) is 6.07 Å². The van der Waals surface area contributed by atoms with Crippen LogP contribution in [0.25, 0.3) is 0 Å². The van der Waals surface area contributed by atoms with Gasteiger partial charge in [0, 0.05) is 9.35 Å². The summed E-state index contributed by atoms with van der Waals surface area (Å²) in [5.41, 5.74) is 0.314. The lowest BCUT2D eigenvalue weighted by atomic mass is 10.2. The van der Waals surface area contributed by atoms with Gasteiger partial charge < -0.3 is 14.6 Å². The molecule has 0 radical (unpaired) electrons. The lowest BCUT2D eigenvalue weighted by Gasteiger charge is -2.12. The third kappa shape index (κ3) is 3.00. The summed E-state index contributed by atoms with van der Waals surface area (Å²) < 4.78 is 11.4. The number of aliphatic hydroxyl groups excluding tert-OH is 1. The molecule has 0 aliphatic heterocycles. The van der Waals surface area contributed by atoms with Crippen LogP contribution in [0.2, 0.25) is 4.34 Å². The molecule has 0 aliphatic rings. The van der Waals surface area contributed by atoms with Gasteiger partial charge in [0.2, 0.25) is 11.8 Å². The summed E-state index contributed by atoms with van der Waals surface area (Å²) in [7, 11) is 2.94. The van der Waals surface area contributed by atoms with E-state index in [1.165, 1.54) is 31.8 Å². The predicted molar refractivity (Wildman–Crippen MR) is 76.2 cm³/mol. The number of nitrogens with zero attached hydrogens (tertiary/aromatic N) is 2. The first kappa shape index (κ1) is 14.5. The summed E-state index contributed by atoms with van der Waals surface area (Å²) in [6.07, 6.45) is 0.466. The number of halogens is 2. The number of rotatable bonds is 4. The second kappa shape index (κ2) is 6.04. The van der Waals surface area contributed by atoms with Gasteiger partial charge in [-0.3, -0.25) is 0 Å². The first-order valence-electron chi connectivity index (χ1n) is 5.14. The summed E-state index contributed by atoms with van der Waals surface area (Å²) in [5.74, 6) is 0.533. The maximum Gasteiger partial charge on any atom is 0.241 e. The van der Waals surface area contributed by atoms with Crippen molar-refractivity contribution in [2.45, 2.75) is 6.10 Å². The second-order valence-electron chi connectivity index (χ2n) is 3.48. The zero-order valence-electron chi connectivity index (χ0n) is 10.1. The maximum atomic E-state index is 10.3. The van der Waals surface area contributed by atoms with Crippen LogP contribution in [-0.4, -0.2) is 29.3 Å². The fourth-order valence-corrected chi connectivity index (χ4v) is 3.16. The van der Waals surface area contributed by atoms with Gasteiger partial charge >= 0.3 is 0 Å². The van der Waals surface area contributed by atoms with Gasteiger partial charge in [0.25, 0.3) is 0 Å². The number of thiophene rings is 1. The van der Waals surface area contributed by atoms with E-state index in [0.717, 1.165) is 4.47 Å². The van der Waals surface area contributed by atoms with Gasteiger partial charge in [-0.15, -0.1) is 11.3 Å². The van der Waals surface area contributed by atoms with Crippen LogP contribution in [0, 0.1) is 0 Å². The van der Waals surface area contributed by atoms with Crippen LogP contribution in [0.4, 0.5) is 0 Å². The van der Waals surface area contributed by atoms with Crippen LogP contribution in [0.15, 0.2) is 16.7 Å². The number of methoxy groups -OCH3 is 2. The summed E-state index contributed by atoms with van der Waals surface area (Å²) in [5, 5.41) is 10.3. The van der Waals surface area contributed by atoms with E-state index in [4.69, 9.17) is 21.1 Å². The Hall–Kier alpha value is -0.890. The zero-order valence-corrected chi connectivity index (χ0v) is 13.2. The molecule has 102 valence electrons. The van der Waals surface area contributed by atoms with Crippen molar-refractivity contribution in [2.24, 2.45) is 0 Å². The molecule has 2 aromatic heterocycles. The van der Waals surface area contributed by atoms with Crippen molar-refractivity contribution in [1.82, 2.24) is 9.97 Å². The molecule has 1 N–H and O–H groups in total. The molecule has 8 heteroatoms. The fourth-order valence-electron chi connectivity index (χ4n) is 1.44. The lowest BCUT2D eigenvalue weighted by Crippen LogP contribution is -2.06.